The number of nitrogens with zero attached hydrogens (tertiary/aromatic N) is 4. The molecule has 57 heavy (non-hydrogen) atoms. The normalized spacial score (nSPS) is 13.2. The van der Waals surface area contributed by atoms with Gasteiger partial charge in [0.25, 0.3) is 0 Å². The van der Waals surface area contributed by atoms with Crippen LogP contribution in [0.5, 0.6) is 11.5 Å². The van der Waals surface area contributed by atoms with E-state index < -0.39 is 5.41 Å². The van der Waals surface area contributed by atoms with E-state index in [0.717, 1.165) is 50.6 Å². The quantitative estimate of drug-likeness (QED) is 0.181. The molecule has 1 aliphatic carbocycles. The zero-order chi connectivity index (χ0) is 37.5. The van der Waals surface area contributed by atoms with Gasteiger partial charge in [-0.2, -0.15) is 0 Å². The Kier molecular flexibility index (Phi) is 6.78. The molecule has 2 aliphatic rings. The van der Waals surface area contributed by atoms with Crippen molar-refractivity contribution in [3.05, 3.63) is 216 Å². The molecule has 266 valence electrons. The van der Waals surface area contributed by atoms with Gasteiger partial charge in [-0.1, -0.05) is 158 Å². The average Bonchev–Trinajstić information content (AvgIpc) is 3.78. The fraction of sp³-hybridized carbons (Fsp3) is 0.0192. The van der Waals surface area contributed by atoms with E-state index >= 15 is 0 Å². The summed E-state index contributed by atoms with van der Waals surface area (Å²) in [6.45, 7) is 0. The topological polar surface area (TPSA) is 52.8 Å². The average molecular weight is 729 g/mol. The number of para-hydroxylation sites is 4. The number of ether oxygens (including phenoxy) is 1. The molecule has 0 fully saturated rings. The number of hydrogen-bond donors (Lipinski definition) is 0. The molecule has 0 amide bonds. The van der Waals surface area contributed by atoms with Crippen molar-refractivity contribution in [3.8, 4) is 62.5 Å². The Labute approximate surface area is 329 Å². The highest BCUT2D eigenvalue weighted by atomic mass is 16.5. The Morgan fingerprint density at radius 2 is 0.895 bits per heavy atom. The summed E-state index contributed by atoms with van der Waals surface area (Å²) in [5.74, 6) is 3.57. The van der Waals surface area contributed by atoms with Crippen molar-refractivity contribution in [1.29, 1.82) is 0 Å². The molecule has 0 N–H and O–H groups in total. The van der Waals surface area contributed by atoms with E-state index in [4.69, 9.17) is 19.7 Å². The first-order chi connectivity index (χ1) is 28.3. The molecule has 3 heterocycles. The number of benzene rings is 8. The van der Waals surface area contributed by atoms with Crippen molar-refractivity contribution < 1.29 is 4.74 Å². The molecule has 10 aromatic rings. The Balaban J connectivity index is 1.19. The Bertz CT molecular complexity index is 3070. The number of fused-ring (bicyclic) bond motifs is 12. The van der Waals surface area contributed by atoms with Gasteiger partial charge in [0.15, 0.2) is 17.5 Å². The highest BCUT2D eigenvalue weighted by molar-refractivity contribution is 6.10. The molecule has 8 aromatic carbocycles. The van der Waals surface area contributed by atoms with Gasteiger partial charge >= 0.3 is 0 Å². The second-order valence-corrected chi connectivity index (χ2v) is 14.7. The number of rotatable bonds is 4. The summed E-state index contributed by atoms with van der Waals surface area (Å²) in [5.41, 5.74) is 12.4. The Morgan fingerprint density at radius 1 is 0.386 bits per heavy atom. The van der Waals surface area contributed by atoms with Crippen LogP contribution in [0.15, 0.2) is 194 Å². The third-order valence-electron chi connectivity index (χ3n) is 11.7. The lowest BCUT2D eigenvalue weighted by Crippen LogP contribution is -2.33. The monoisotopic (exact) mass is 728 g/mol. The first-order valence-corrected chi connectivity index (χ1v) is 19.3. The molecule has 5 nitrogen and oxygen atoms in total. The molecule has 2 aromatic heterocycles. The van der Waals surface area contributed by atoms with E-state index in [9.17, 15) is 0 Å². The predicted molar refractivity (Wildman–Crippen MR) is 228 cm³/mol. The summed E-state index contributed by atoms with van der Waals surface area (Å²) < 4.78 is 9.23. The molecule has 0 unspecified atom stereocenters. The molecule has 12 rings (SSSR count). The summed E-state index contributed by atoms with van der Waals surface area (Å²) in [4.78, 5) is 15.3. The lowest BCUT2D eigenvalue weighted by atomic mass is 9.65. The van der Waals surface area contributed by atoms with Crippen LogP contribution in [0.4, 0.5) is 0 Å². The minimum Gasteiger partial charge on any atom is -0.457 e. The molecular weight excluding hydrogens is 697 g/mol. The van der Waals surface area contributed by atoms with Crippen LogP contribution in [0.1, 0.15) is 22.3 Å². The van der Waals surface area contributed by atoms with Gasteiger partial charge in [-0.15, -0.1) is 0 Å². The largest absolute Gasteiger partial charge is 0.457 e. The molecule has 0 radical (unpaired) electrons. The van der Waals surface area contributed by atoms with Crippen molar-refractivity contribution >= 4 is 21.8 Å². The van der Waals surface area contributed by atoms with E-state index in [1.54, 1.807) is 0 Å². The second kappa shape index (κ2) is 12.2. The molecule has 0 atom stereocenters. The SMILES string of the molecule is c1ccc(-c2nc(-c3ccccc3)nc(-c3ccc4c(c3)C3(c5ccccc5Oc5ccccc53)c3c-4cccc3-n3c4ccccc4c4ccccc43)n2)cc1. The third-order valence-corrected chi connectivity index (χ3v) is 11.7. The maximum absolute atomic E-state index is 6.77. The van der Waals surface area contributed by atoms with Crippen LogP contribution < -0.4 is 4.74 Å². The zero-order valence-electron chi connectivity index (χ0n) is 30.7. The lowest BCUT2D eigenvalue weighted by molar-refractivity contribution is 0.436. The van der Waals surface area contributed by atoms with Gasteiger partial charge in [0, 0.05) is 44.2 Å². The van der Waals surface area contributed by atoms with Gasteiger partial charge in [0.1, 0.15) is 11.5 Å². The van der Waals surface area contributed by atoms with E-state index in [1.807, 2.05) is 60.7 Å². The van der Waals surface area contributed by atoms with Gasteiger partial charge in [-0.3, -0.25) is 0 Å². The van der Waals surface area contributed by atoms with Crippen LogP contribution in [-0.4, -0.2) is 19.5 Å². The standard InChI is InChI=1S/C52H32N4O/c1-3-16-33(17-4-1)49-53-50(34-18-5-2-6-19-34)55-51(54-49)35-30-31-36-39-22-15-27-45(56-43-25-11-7-20-37(43)38-21-8-12-26-44(38)56)48(39)52(42(36)32-35)40-23-9-13-28-46(40)57-47-29-14-10-24-41(47)52/h1-32H. The van der Waals surface area contributed by atoms with Gasteiger partial charge in [0.2, 0.25) is 0 Å². The van der Waals surface area contributed by atoms with Gasteiger partial charge in [-0.05, 0) is 53.1 Å². The molecule has 0 saturated carbocycles. The minimum atomic E-state index is -0.743. The van der Waals surface area contributed by atoms with Crippen LogP contribution in [0.2, 0.25) is 0 Å². The summed E-state index contributed by atoms with van der Waals surface area (Å²) in [5, 5.41) is 2.45. The molecular formula is C52H32N4O. The minimum absolute atomic E-state index is 0.618. The first kappa shape index (κ1) is 31.7. The molecule has 1 aliphatic heterocycles. The molecule has 0 saturated heterocycles. The smallest absolute Gasteiger partial charge is 0.164 e. The van der Waals surface area contributed by atoms with Crippen molar-refractivity contribution in [2.24, 2.45) is 0 Å². The summed E-state index contributed by atoms with van der Waals surface area (Å²) in [6.07, 6.45) is 0. The van der Waals surface area contributed by atoms with Crippen LogP contribution >= 0.6 is 0 Å². The van der Waals surface area contributed by atoms with E-state index in [0.29, 0.717) is 17.5 Å². The lowest BCUT2D eigenvalue weighted by Gasteiger charge is -2.40. The number of aromatic nitrogens is 4. The maximum atomic E-state index is 6.77. The summed E-state index contributed by atoms with van der Waals surface area (Å²) >= 11 is 0. The van der Waals surface area contributed by atoms with Gasteiger partial charge in [0.05, 0.1) is 22.1 Å². The first-order valence-electron chi connectivity index (χ1n) is 19.3. The third kappa shape index (κ3) is 4.54. The predicted octanol–water partition coefficient (Wildman–Crippen LogP) is 12.4. The maximum Gasteiger partial charge on any atom is 0.164 e. The van der Waals surface area contributed by atoms with Crippen molar-refractivity contribution in [2.45, 2.75) is 5.41 Å². The van der Waals surface area contributed by atoms with Crippen molar-refractivity contribution in [2.75, 3.05) is 0 Å². The highest BCUT2D eigenvalue weighted by Gasteiger charge is 2.52. The van der Waals surface area contributed by atoms with Crippen LogP contribution in [0.3, 0.4) is 0 Å². The number of hydrogen-bond acceptors (Lipinski definition) is 4. The zero-order valence-corrected chi connectivity index (χ0v) is 30.7. The van der Waals surface area contributed by atoms with E-state index in [-0.39, 0.29) is 0 Å². The Morgan fingerprint density at radius 3 is 1.49 bits per heavy atom. The van der Waals surface area contributed by atoms with E-state index in [2.05, 4.69) is 138 Å². The molecule has 0 bridgehead atoms. The van der Waals surface area contributed by atoms with Gasteiger partial charge in [-0.25, -0.2) is 15.0 Å². The summed E-state index contributed by atoms with van der Waals surface area (Å²) in [6, 6.07) is 68.4. The molecule has 5 heteroatoms. The van der Waals surface area contributed by atoms with Crippen molar-refractivity contribution in [1.82, 2.24) is 19.5 Å². The summed E-state index contributed by atoms with van der Waals surface area (Å²) in [7, 11) is 0. The van der Waals surface area contributed by atoms with E-state index in [1.165, 1.54) is 38.5 Å². The van der Waals surface area contributed by atoms with Gasteiger partial charge < -0.3 is 9.30 Å². The van der Waals surface area contributed by atoms with Crippen LogP contribution in [0.25, 0.3) is 72.8 Å². The molecule has 1 spiro atoms. The van der Waals surface area contributed by atoms with Crippen molar-refractivity contribution in [3.63, 3.8) is 0 Å². The van der Waals surface area contributed by atoms with Crippen LogP contribution in [-0.2, 0) is 5.41 Å². The Hall–Kier alpha value is -7.63. The fourth-order valence-corrected chi connectivity index (χ4v) is 9.38. The highest BCUT2D eigenvalue weighted by Crippen LogP contribution is 2.64. The fourth-order valence-electron chi connectivity index (χ4n) is 9.38. The second-order valence-electron chi connectivity index (χ2n) is 14.7. The van der Waals surface area contributed by atoms with Crippen LogP contribution in [0, 0.1) is 0 Å².